The monoisotopic (exact) mass is 368 g/mol. The Kier molecular flexibility index (Phi) is 5.11. The van der Waals surface area contributed by atoms with Gasteiger partial charge in [-0.3, -0.25) is 9.69 Å². The van der Waals surface area contributed by atoms with E-state index in [-0.39, 0.29) is 5.91 Å². The molecule has 27 heavy (non-hydrogen) atoms. The van der Waals surface area contributed by atoms with Gasteiger partial charge in [-0.05, 0) is 38.4 Å². The second kappa shape index (κ2) is 7.68. The molecule has 0 radical (unpaired) electrons. The number of carbonyl (C=O) groups excluding carboxylic acids is 1. The number of nitrogens with zero attached hydrogens (tertiary/aromatic N) is 6. The number of anilines is 1. The van der Waals surface area contributed by atoms with Crippen LogP contribution in [0.15, 0.2) is 30.7 Å². The fourth-order valence-electron chi connectivity index (χ4n) is 4.13. The number of fused-ring (bicyclic) bond motifs is 1. The molecule has 2 fully saturated rings. The van der Waals surface area contributed by atoms with Crippen LogP contribution in [0.4, 0.5) is 5.82 Å². The highest BCUT2D eigenvalue weighted by Gasteiger charge is 2.31. The van der Waals surface area contributed by atoms with Crippen molar-refractivity contribution in [2.45, 2.75) is 32.4 Å². The molecule has 4 heterocycles. The van der Waals surface area contributed by atoms with E-state index in [1.807, 2.05) is 36.9 Å². The van der Waals surface area contributed by atoms with E-state index in [9.17, 15) is 4.79 Å². The van der Waals surface area contributed by atoms with Gasteiger partial charge in [-0.15, -0.1) is 0 Å². The van der Waals surface area contributed by atoms with Crippen molar-refractivity contribution in [3.05, 3.63) is 42.1 Å². The van der Waals surface area contributed by atoms with Gasteiger partial charge in [-0.2, -0.15) is 0 Å². The smallest absolute Gasteiger partial charge is 0.255 e. The quantitative estimate of drug-likeness (QED) is 0.805. The molecule has 4 rings (SSSR count). The number of hydrogen-bond acceptors (Lipinski definition) is 5. The molecule has 0 aliphatic carbocycles. The van der Waals surface area contributed by atoms with Gasteiger partial charge in [0.25, 0.3) is 5.91 Å². The molecule has 2 aromatic rings. The van der Waals surface area contributed by atoms with Crippen LogP contribution in [0.3, 0.4) is 0 Å². The molecular weight excluding hydrogens is 340 g/mol. The third-order valence-corrected chi connectivity index (χ3v) is 5.83. The summed E-state index contributed by atoms with van der Waals surface area (Å²) < 4.78 is 1.94. The van der Waals surface area contributed by atoms with E-state index in [1.54, 1.807) is 17.3 Å². The average molecular weight is 368 g/mol. The van der Waals surface area contributed by atoms with Crippen LogP contribution in [0.5, 0.6) is 0 Å². The minimum Gasteiger partial charge on any atom is -0.354 e. The average Bonchev–Trinajstić information content (AvgIpc) is 3.33. The Morgan fingerprint density at radius 3 is 2.85 bits per heavy atom. The normalized spacial score (nSPS) is 19.9. The van der Waals surface area contributed by atoms with Crippen molar-refractivity contribution in [1.29, 1.82) is 0 Å². The number of amides is 1. The lowest BCUT2D eigenvalue weighted by atomic mass is 10.1. The van der Waals surface area contributed by atoms with Gasteiger partial charge < -0.3 is 14.4 Å². The Hall–Kier alpha value is -2.41. The van der Waals surface area contributed by atoms with E-state index in [0.29, 0.717) is 24.7 Å². The molecule has 0 unspecified atom stereocenters. The number of piperazine rings is 1. The van der Waals surface area contributed by atoms with Gasteiger partial charge in [0.15, 0.2) is 0 Å². The van der Waals surface area contributed by atoms with Gasteiger partial charge >= 0.3 is 0 Å². The lowest BCUT2D eigenvalue weighted by molar-refractivity contribution is 0.0747. The first-order valence-electron chi connectivity index (χ1n) is 9.86. The van der Waals surface area contributed by atoms with Crippen LogP contribution in [0.1, 0.15) is 35.9 Å². The third kappa shape index (κ3) is 3.69. The summed E-state index contributed by atoms with van der Waals surface area (Å²) in [5.74, 6) is 1.86. The minimum absolute atomic E-state index is 0.000150. The molecule has 0 aromatic carbocycles. The molecule has 0 spiro atoms. The summed E-state index contributed by atoms with van der Waals surface area (Å²) in [5.41, 5.74) is 0.634. The summed E-state index contributed by atoms with van der Waals surface area (Å²) in [5, 5.41) is 0. The highest BCUT2D eigenvalue weighted by molar-refractivity contribution is 5.94. The first kappa shape index (κ1) is 18.0. The van der Waals surface area contributed by atoms with Crippen LogP contribution >= 0.6 is 0 Å². The van der Waals surface area contributed by atoms with Crippen LogP contribution in [0.25, 0.3) is 0 Å². The Balaban J connectivity index is 1.43. The van der Waals surface area contributed by atoms with Crippen LogP contribution in [0.2, 0.25) is 0 Å². The summed E-state index contributed by atoms with van der Waals surface area (Å²) in [6.45, 7) is 7.53. The van der Waals surface area contributed by atoms with Crippen molar-refractivity contribution >= 4 is 11.7 Å². The van der Waals surface area contributed by atoms with E-state index >= 15 is 0 Å². The van der Waals surface area contributed by atoms with Crippen molar-refractivity contribution in [3.63, 3.8) is 0 Å². The molecule has 2 aliphatic rings. The van der Waals surface area contributed by atoms with Gasteiger partial charge in [0.2, 0.25) is 0 Å². The SMILES string of the molecule is CCN(Cc1nccn1C)C(=O)c1ccc(N2CCN3CCC[C@H]3C2)nc1. The molecule has 0 bridgehead atoms. The lowest BCUT2D eigenvalue weighted by Crippen LogP contribution is -2.50. The van der Waals surface area contributed by atoms with Crippen molar-refractivity contribution in [2.24, 2.45) is 7.05 Å². The van der Waals surface area contributed by atoms with Crippen molar-refractivity contribution in [1.82, 2.24) is 24.3 Å². The zero-order valence-electron chi connectivity index (χ0n) is 16.2. The predicted molar refractivity (Wildman–Crippen MR) is 105 cm³/mol. The fraction of sp³-hybridized carbons (Fsp3) is 0.550. The molecule has 1 atom stereocenters. The standard InChI is InChI=1S/C20H28N6O/c1-3-24(15-19-21-8-10-23(19)2)20(27)16-6-7-18(22-13-16)26-12-11-25-9-4-5-17(25)14-26/h6-8,10,13,17H,3-5,9,11-12,14-15H2,1-2H3/t17-/m0/s1. The van der Waals surface area contributed by atoms with Crippen LogP contribution in [-0.2, 0) is 13.6 Å². The van der Waals surface area contributed by atoms with Crippen molar-refractivity contribution in [2.75, 3.05) is 37.6 Å². The number of imidazole rings is 1. The number of pyridine rings is 1. The summed E-state index contributed by atoms with van der Waals surface area (Å²) in [7, 11) is 1.95. The molecule has 0 saturated carbocycles. The van der Waals surface area contributed by atoms with Crippen LogP contribution in [0, 0.1) is 0 Å². The molecular formula is C20H28N6O. The van der Waals surface area contributed by atoms with Gasteiger partial charge in [0.1, 0.15) is 11.6 Å². The number of hydrogen-bond donors (Lipinski definition) is 0. The minimum atomic E-state index is 0.000150. The molecule has 144 valence electrons. The highest BCUT2D eigenvalue weighted by Crippen LogP contribution is 2.24. The van der Waals surface area contributed by atoms with Crippen molar-refractivity contribution < 1.29 is 4.79 Å². The van der Waals surface area contributed by atoms with Crippen LogP contribution < -0.4 is 4.90 Å². The molecule has 0 N–H and O–H groups in total. The van der Waals surface area contributed by atoms with E-state index in [0.717, 1.165) is 31.3 Å². The summed E-state index contributed by atoms with van der Waals surface area (Å²) in [6.07, 6.45) is 7.97. The fourth-order valence-corrected chi connectivity index (χ4v) is 4.13. The zero-order chi connectivity index (χ0) is 18.8. The van der Waals surface area contributed by atoms with Crippen molar-refractivity contribution in [3.8, 4) is 0 Å². The third-order valence-electron chi connectivity index (χ3n) is 5.83. The Morgan fingerprint density at radius 2 is 2.15 bits per heavy atom. The van der Waals surface area contributed by atoms with E-state index in [4.69, 9.17) is 0 Å². The van der Waals surface area contributed by atoms with Gasteiger partial charge in [-0.25, -0.2) is 9.97 Å². The summed E-state index contributed by atoms with van der Waals surface area (Å²) in [4.78, 5) is 28.6. The van der Waals surface area contributed by atoms with Gasteiger partial charge in [0.05, 0.1) is 12.1 Å². The zero-order valence-corrected chi connectivity index (χ0v) is 16.2. The molecule has 1 amide bonds. The summed E-state index contributed by atoms with van der Waals surface area (Å²) >= 11 is 0. The molecule has 7 heteroatoms. The van der Waals surface area contributed by atoms with Crippen LogP contribution in [-0.4, -0.2) is 69.0 Å². The number of rotatable bonds is 5. The summed E-state index contributed by atoms with van der Waals surface area (Å²) in [6, 6.07) is 4.56. The Labute approximate surface area is 160 Å². The maximum atomic E-state index is 12.9. The van der Waals surface area contributed by atoms with E-state index in [2.05, 4.69) is 19.8 Å². The number of carbonyl (C=O) groups is 1. The largest absolute Gasteiger partial charge is 0.354 e. The Bertz CT molecular complexity index is 786. The topological polar surface area (TPSA) is 57.5 Å². The Morgan fingerprint density at radius 1 is 1.26 bits per heavy atom. The van der Waals surface area contributed by atoms with E-state index < -0.39 is 0 Å². The number of aryl methyl sites for hydroxylation is 1. The molecule has 2 aromatic heterocycles. The van der Waals surface area contributed by atoms with Gasteiger partial charge in [-0.1, -0.05) is 0 Å². The number of aromatic nitrogens is 3. The highest BCUT2D eigenvalue weighted by atomic mass is 16.2. The predicted octanol–water partition coefficient (Wildman–Crippen LogP) is 1.76. The maximum absolute atomic E-state index is 12.9. The second-order valence-electron chi connectivity index (χ2n) is 7.46. The first-order chi connectivity index (χ1) is 13.2. The first-order valence-corrected chi connectivity index (χ1v) is 9.86. The van der Waals surface area contributed by atoms with E-state index in [1.165, 1.54) is 19.4 Å². The second-order valence-corrected chi connectivity index (χ2v) is 7.46. The molecule has 2 saturated heterocycles. The molecule has 2 aliphatic heterocycles. The maximum Gasteiger partial charge on any atom is 0.255 e. The van der Waals surface area contributed by atoms with Gasteiger partial charge in [0, 0.05) is 57.9 Å². The molecule has 7 nitrogen and oxygen atoms in total. The lowest BCUT2D eigenvalue weighted by Gasteiger charge is -2.38.